The molecule has 180 valence electrons. The summed E-state index contributed by atoms with van der Waals surface area (Å²) in [5.74, 6) is 1.08. The number of rotatable bonds is 8. The van der Waals surface area contributed by atoms with E-state index in [4.69, 9.17) is 16.3 Å². The minimum absolute atomic E-state index is 0.0315. The van der Waals surface area contributed by atoms with Crippen molar-refractivity contribution in [3.05, 3.63) is 82.9 Å². The molecule has 2 amide bonds. The number of carbonyl (C=O) groups excluding carboxylic acids is 2. The number of benzene rings is 3. The Bertz CT molecular complexity index is 1320. The molecule has 0 aliphatic heterocycles. The third-order valence-corrected chi connectivity index (χ3v) is 5.74. The Morgan fingerprint density at radius 3 is 2.49 bits per heavy atom. The molecule has 8 heteroatoms. The second-order valence-electron chi connectivity index (χ2n) is 8.45. The summed E-state index contributed by atoms with van der Waals surface area (Å²) in [5, 5.41) is 2.97. The molecule has 2 N–H and O–H groups in total. The SMILES string of the molecule is CNC(=O)N(CC(=O)c1ccc(OC(C)C)c(Cl)c1)Cc1ccc(-c2nc3ccccc3[nH]2)cc1. The molecule has 0 saturated heterocycles. The Hall–Kier alpha value is -3.84. The fourth-order valence-corrected chi connectivity index (χ4v) is 3.95. The van der Waals surface area contributed by atoms with Gasteiger partial charge in [0, 0.05) is 24.7 Å². The van der Waals surface area contributed by atoms with Crippen molar-refractivity contribution in [2.45, 2.75) is 26.5 Å². The van der Waals surface area contributed by atoms with Gasteiger partial charge in [-0.25, -0.2) is 9.78 Å². The number of nitrogens with one attached hydrogen (secondary N) is 2. The standard InChI is InChI=1S/C27H27ClN4O3/c1-17(2)35-25-13-12-20(14-21(25)28)24(33)16-32(27(34)29-3)15-18-8-10-19(11-9-18)26-30-22-6-4-5-7-23(22)31-26/h4-14,17H,15-16H2,1-3H3,(H,29,34)(H,30,31). The molecule has 0 aliphatic rings. The fraction of sp³-hybridized carbons (Fsp3) is 0.222. The van der Waals surface area contributed by atoms with Crippen LogP contribution < -0.4 is 10.1 Å². The average molecular weight is 491 g/mol. The lowest BCUT2D eigenvalue weighted by atomic mass is 10.1. The molecule has 0 radical (unpaired) electrons. The molecule has 7 nitrogen and oxygen atoms in total. The molecule has 1 heterocycles. The van der Waals surface area contributed by atoms with Crippen LogP contribution in [0.15, 0.2) is 66.7 Å². The topological polar surface area (TPSA) is 87.3 Å². The Kier molecular flexibility index (Phi) is 7.36. The zero-order valence-corrected chi connectivity index (χ0v) is 20.6. The molecule has 1 aromatic heterocycles. The summed E-state index contributed by atoms with van der Waals surface area (Å²) in [7, 11) is 1.54. The predicted molar refractivity (Wildman–Crippen MR) is 138 cm³/mol. The highest BCUT2D eigenvalue weighted by Crippen LogP contribution is 2.27. The van der Waals surface area contributed by atoms with E-state index in [-0.39, 0.29) is 31.0 Å². The number of fused-ring (bicyclic) bond motifs is 1. The van der Waals surface area contributed by atoms with Gasteiger partial charge in [0.05, 0.1) is 28.7 Å². The van der Waals surface area contributed by atoms with Crippen molar-refractivity contribution >= 4 is 34.4 Å². The van der Waals surface area contributed by atoms with Crippen LogP contribution in [0.25, 0.3) is 22.4 Å². The van der Waals surface area contributed by atoms with Gasteiger partial charge in [0.15, 0.2) is 5.78 Å². The molecule has 3 aromatic carbocycles. The van der Waals surface area contributed by atoms with Crippen molar-refractivity contribution in [3.63, 3.8) is 0 Å². The van der Waals surface area contributed by atoms with Crippen LogP contribution in [0.5, 0.6) is 5.75 Å². The molecule has 0 bridgehead atoms. The van der Waals surface area contributed by atoms with Gasteiger partial charge in [-0.1, -0.05) is 48.0 Å². The molecule has 0 aliphatic carbocycles. The molecule has 0 saturated carbocycles. The number of urea groups is 1. The third-order valence-electron chi connectivity index (χ3n) is 5.44. The summed E-state index contributed by atoms with van der Waals surface area (Å²) < 4.78 is 5.63. The van der Waals surface area contributed by atoms with Crippen LogP contribution in [0.4, 0.5) is 4.79 Å². The van der Waals surface area contributed by atoms with Gasteiger partial charge in [0.2, 0.25) is 0 Å². The number of ether oxygens (including phenoxy) is 1. The van der Waals surface area contributed by atoms with Crippen LogP contribution in [-0.4, -0.2) is 46.4 Å². The Morgan fingerprint density at radius 1 is 1.09 bits per heavy atom. The average Bonchev–Trinajstić information content (AvgIpc) is 3.29. The number of Topliss-reactive ketones (excluding diaryl/α,β-unsaturated/α-hetero) is 1. The van der Waals surface area contributed by atoms with Gasteiger partial charge in [-0.05, 0) is 49.7 Å². The Labute approximate surface area is 209 Å². The van der Waals surface area contributed by atoms with E-state index >= 15 is 0 Å². The van der Waals surface area contributed by atoms with E-state index in [9.17, 15) is 9.59 Å². The first-order valence-electron chi connectivity index (χ1n) is 11.3. The summed E-state index contributed by atoms with van der Waals surface area (Å²) in [6.07, 6.45) is -0.0315. The molecule has 0 spiro atoms. The van der Waals surface area contributed by atoms with Gasteiger partial charge in [0.1, 0.15) is 11.6 Å². The maximum atomic E-state index is 12.9. The van der Waals surface area contributed by atoms with Crippen LogP contribution in [-0.2, 0) is 6.54 Å². The van der Waals surface area contributed by atoms with Gasteiger partial charge in [-0.2, -0.15) is 0 Å². The number of carbonyl (C=O) groups is 2. The Morgan fingerprint density at radius 2 is 1.83 bits per heavy atom. The number of H-pyrrole nitrogens is 1. The second kappa shape index (κ2) is 10.6. The first-order valence-corrected chi connectivity index (χ1v) is 11.7. The number of para-hydroxylation sites is 2. The van der Waals surface area contributed by atoms with E-state index in [2.05, 4.69) is 15.3 Å². The van der Waals surface area contributed by atoms with Crippen LogP contribution in [0, 0.1) is 0 Å². The van der Waals surface area contributed by atoms with Crippen LogP contribution in [0.1, 0.15) is 29.8 Å². The number of imidazole rings is 1. The van der Waals surface area contributed by atoms with Crippen molar-refractivity contribution in [2.24, 2.45) is 0 Å². The second-order valence-corrected chi connectivity index (χ2v) is 8.85. The van der Waals surface area contributed by atoms with Gasteiger partial charge in [-0.3, -0.25) is 4.79 Å². The number of aromatic amines is 1. The zero-order chi connectivity index (χ0) is 24.9. The van der Waals surface area contributed by atoms with Crippen LogP contribution >= 0.6 is 11.6 Å². The quantitative estimate of drug-likeness (QED) is 0.310. The lowest BCUT2D eigenvalue weighted by molar-refractivity contribution is 0.0940. The van der Waals surface area contributed by atoms with Crippen molar-refractivity contribution in [3.8, 4) is 17.1 Å². The van der Waals surface area contributed by atoms with Gasteiger partial charge >= 0.3 is 6.03 Å². The van der Waals surface area contributed by atoms with E-state index in [0.717, 1.165) is 28.0 Å². The van der Waals surface area contributed by atoms with E-state index in [1.54, 1.807) is 25.2 Å². The van der Waals surface area contributed by atoms with Gasteiger partial charge in [0.25, 0.3) is 0 Å². The number of amides is 2. The van der Waals surface area contributed by atoms with Gasteiger partial charge < -0.3 is 19.9 Å². The smallest absolute Gasteiger partial charge is 0.317 e. The maximum absolute atomic E-state index is 12.9. The third kappa shape index (κ3) is 5.81. The predicted octanol–water partition coefficient (Wildman–Crippen LogP) is 5.69. The largest absolute Gasteiger partial charge is 0.489 e. The number of aromatic nitrogens is 2. The van der Waals surface area contributed by atoms with Crippen LogP contribution in [0.2, 0.25) is 5.02 Å². The number of hydrogen-bond donors (Lipinski definition) is 2. The van der Waals surface area contributed by atoms with Crippen molar-refractivity contribution in [2.75, 3.05) is 13.6 Å². The lowest BCUT2D eigenvalue weighted by Gasteiger charge is -2.22. The van der Waals surface area contributed by atoms with Crippen molar-refractivity contribution in [1.29, 1.82) is 0 Å². The highest BCUT2D eigenvalue weighted by atomic mass is 35.5. The summed E-state index contributed by atoms with van der Waals surface area (Å²) in [6.45, 7) is 3.99. The molecule has 4 rings (SSSR count). The minimum atomic E-state index is -0.342. The first-order chi connectivity index (χ1) is 16.8. The fourth-order valence-electron chi connectivity index (χ4n) is 3.72. The van der Waals surface area contributed by atoms with Gasteiger partial charge in [-0.15, -0.1) is 0 Å². The number of ketones is 1. The number of nitrogens with zero attached hydrogens (tertiary/aromatic N) is 2. The summed E-state index contributed by atoms with van der Waals surface area (Å²) in [5.41, 5.74) is 4.12. The van der Waals surface area contributed by atoms with Crippen LogP contribution in [0.3, 0.4) is 0 Å². The van der Waals surface area contributed by atoms with E-state index in [1.807, 2.05) is 62.4 Å². The normalized spacial score (nSPS) is 11.0. The van der Waals surface area contributed by atoms with E-state index in [0.29, 0.717) is 16.3 Å². The zero-order valence-electron chi connectivity index (χ0n) is 19.8. The molecule has 4 aromatic rings. The Balaban J connectivity index is 1.47. The monoisotopic (exact) mass is 490 g/mol. The molecular formula is C27H27ClN4O3. The van der Waals surface area contributed by atoms with Crippen molar-refractivity contribution in [1.82, 2.24) is 20.2 Å². The summed E-state index contributed by atoms with van der Waals surface area (Å²) >= 11 is 6.29. The molecule has 0 fully saturated rings. The summed E-state index contributed by atoms with van der Waals surface area (Å²) in [6, 6.07) is 20.2. The molecular weight excluding hydrogens is 464 g/mol. The summed E-state index contributed by atoms with van der Waals surface area (Å²) in [4.78, 5) is 34.9. The highest BCUT2D eigenvalue weighted by molar-refractivity contribution is 6.32. The molecule has 35 heavy (non-hydrogen) atoms. The molecule has 0 unspecified atom stereocenters. The maximum Gasteiger partial charge on any atom is 0.317 e. The lowest BCUT2D eigenvalue weighted by Crippen LogP contribution is -2.40. The molecule has 0 atom stereocenters. The number of halogens is 1. The highest BCUT2D eigenvalue weighted by Gasteiger charge is 2.19. The first kappa shape index (κ1) is 24.3. The van der Waals surface area contributed by atoms with E-state index < -0.39 is 0 Å². The minimum Gasteiger partial charge on any atom is -0.489 e. The number of hydrogen-bond acceptors (Lipinski definition) is 4. The van der Waals surface area contributed by atoms with Crippen molar-refractivity contribution < 1.29 is 14.3 Å². The van der Waals surface area contributed by atoms with E-state index in [1.165, 1.54) is 4.90 Å².